The van der Waals surface area contributed by atoms with Gasteiger partial charge >= 0.3 is 0 Å². The molecule has 0 bridgehead atoms. The van der Waals surface area contributed by atoms with E-state index in [2.05, 4.69) is 129 Å². The lowest BCUT2D eigenvalue weighted by Crippen LogP contribution is -2.60. The SMILES string of the molecule is CC/C=C\C/C=C\C/C=C\C/C=C\C/C=C\C/C=C\C/C=C\C/C=C\C/C=C\CCCCCCCCCCCCCC(=O)NC(COC1OC(CO)C(O)C(O)C1O)C(O)/C=C/CCCCCCCCCCCCCCCCCCCCCCCCCC. The highest BCUT2D eigenvalue weighted by Gasteiger charge is 2.44. The molecule has 0 aromatic carbocycles. The van der Waals surface area contributed by atoms with Crippen LogP contribution in [-0.4, -0.2) is 87.5 Å². The molecule has 9 nitrogen and oxygen atoms in total. The maximum absolute atomic E-state index is 13.1. The van der Waals surface area contributed by atoms with Gasteiger partial charge in [0.05, 0.1) is 25.4 Å². The number of unbranched alkanes of at least 4 members (excludes halogenated alkanes) is 35. The van der Waals surface area contributed by atoms with Gasteiger partial charge in [-0.05, 0) is 89.9 Å². The summed E-state index contributed by atoms with van der Waals surface area (Å²) in [4.78, 5) is 13.1. The highest BCUT2D eigenvalue weighted by molar-refractivity contribution is 5.76. The van der Waals surface area contributed by atoms with E-state index in [1.54, 1.807) is 6.08 Å². The Kier molecular flexibility index (Phi) is 62.4. The highest BCUT2D eigenvalue weighted by Crippen LogP contribution is 2.23. The Bertz CT molecular complexity index is 1810. The monoisotopic (exact) mass is 1230 g/mol. The maximum Gasteiger partial charge on any atom is 0.220 e. The van der Waals surface area contributed by atoms with Crippen molar-refractivity contribution in [3.05, 3.63) is 122 Å². The van der Waals surface area contributed by atoms with Gasteiger partial charge in [-0.3, -0.25) is 4.79 Å². The summed E-state index contributed by atoms with van der Waals surface area (Å²) >= 11 is 0. The molecule has 0 aromatic heterocycles. The van der Waals surface area contributed by atoms with Gasteiger partial charge in [0.25, 0.3) is 0 Å². The van der Waals surface area contributed by atoms with Gasteiger partial charge in [0.2, 0.25) is 5.91 Å². The van der Waals surface area contributed by atoms with Gasteiger partial charge in [-0.15, -0.1) is 0 Å². The molecular formula is C79H137NO8. The van der Waals surface area contributed by atoms with E-state index in [1.807, 2.05) is 6.08 Å². The summed E-state index contributed by atoms with van der Waals surface area (Å²) in [7, 11) is 0. The molecule has 1 saturated heterocycles. The number of ether oxygens (including phenoxy) is 2. The van der Waals surface area contributed by atoms with Gasteiger partial charge in [-0.1, -0.05) is 341 Å². The van der Waals surface area contributed by atoms with Gasteiger partial charge in [0.15, 0.2) is 6.29 Å². The van der Waals surface area contributed by atoms with E-state index in [1.165, 1.54) is 193 Å². The molecule has 0 aliphatic carbocycles. The van der Waals surface area contributed by atoms with Crippen molar-refractivity contribution in [2.75, 3.05) is 13.2 Å². The zero-order valence-electron chi connectivity index (χ0n) is 56.7. The number of carbonyl (C=O) groups excluding carboxylic acids is 1. The van der Waals surface area contributed by atoms with Crippen LogP contribution in [0.1, 0.15) is 316 Å². The Hall–Kier alpha value is -3.41. The molecule has 1 amide bonds. The second kappa shape index (κ2) is 66.5. The molecule has 506 valence electrons. The van der Waals surface area contributed by atoms with Crippen molar-refractivity contribution in [3.63, 3.8) is 0 Å². The molecule has 9 heteroatoms. The fraction of sp³-hybridized carbons (Fsp3) is 0.734. The van der Waals surface area contributed by atoms with Gasteiger partial charge in [0.1, 0.15) is 24.4 Å². The predicted molar refractivity (Wildman–Crippen MR) is 377 cm³/mol. The van der Waals surface area contributed by atoms with Crippen LogP contribution in [0.15, 0.2) is 122 Å². The Morgan fingerprint density at radius 1 is 0.398 bits per heavy atom. The molecule has 1 heterocycles. The van der Waals surface area contributed by atoms with Crippen molar-refractivity contribution >= 4 is 5.91 Å². The molecule has 0 aromatic rings. The minimum Gasteiger partial charge on any atom is -0.394 e. The van der Waals surface area contributed by atoms with E-state index in [-0.39, 0.29) is 12.5 Å². The third kappa shape index (κ3) is 54.3. The number of carbonyl (C=O) groups is 1. The second-order valence-electron chi connectivity index (χ2n) is 25.0. The van der Waals surface area contributed by atoms with E-state index in [0.717, 1.165) is 103 Å². The zero-order valence-corrected chi connectivity index (χ0v) is 56.7. The molecule has 6 N–H and O–H groups in total. The number of aliphatic hydroxyl groups is 5. The Balaban J connectivity index is 2.14. The normalized spacial score (nSPS) is 18.6. The largest absolute Gasteiger partial charge is 0.394 e. The van der Waals surface area contributed by atoms with Crippen LogP contribution in [0.2, 0.25) is 0 Å². The van der Waals surface area contributed by atoms with E-state index >= 15 is 0 Å². The first-order valence-electron chi connectivity index (χ1n) is 36.8. The van der Waals surface area contributed by atoms with E-state index < -0.39 is 49.5 Å². The Morgan fingerprint density at radius 3 is 1.05 bits per heavy atom. The lowest BCUT2D eigenvalue weighted by atomic mass is 9.99. The number of hydrogen-bond acceptors (Lipinski definition) is 8. The number of allylic oxidation sites excluding steroid dienone is 19. The van der Waals surface area contributed by atoms with Gasteiger partial charge in [-0.2, -0.15) is 0 Å². The van der Waals surface area contributed by atoms with Crippen molar-refractivity contribution in [2.24, 2.45) is 0 Å². The fourth-order valence-corrected chi connectivity index (χ4v) is 11.1. The summed E-state index contributed by atoms with van der Waals surface area (Å²) in [6.45, 7) is 3.69. The maximum atomic E-state index is 13.1. The fourth-order valence-electron chi connectivity index (χ4n) is 11.1. The van der Waals surface area contributed by atoms with E-state index in [0.29, 0.717) is 6.42 Å². The van der Waals surface area contributed by atoms with Crippen LogP contribution < -0.4 is 5.32 Å². The first-order valence-corrected chi connectivity index (χ1v) is 36.8. The standard InChI is InChI=1S/C79H137NO8/c1-3-5-7-9-11-13-15-17-19-21-23-25-27-29-31-32-33-34-35-36-37-38-39-40-41-42-43-45-47-49-51-53-55-57-59-61-63-65-67-69-75(83)80-72(71-87-79-78(86)77(85)76(84)74(70-81)88-79)73(82)68-66-64-62-60-58-56-54-52-50-48-46-44-30-28-26-24-22-20-18-16-14-12-10-8-6-4-2/h5,7,11,13,17,19,23,25,29,31,33-34,36-37,39-40,42-43,66,68,72-74,76-79,81-82,84-86H,3-4,6,8-10,12,14-16,18,20-22,24,26-28,30,32,35,38,41,44-65,67,69-71H2,1-2H3,(H,80,83)/b7-5-,13-11-,19-17-,25-23-,31-29-,34-33-,37-36-,40-39-,43-42-,68-66+. The molecule has 88 heavy (non-hydrogen) atoms. The summed E-state index contributed by atoms with van der Waals surface area (Å²) < 4.78 is 11.3. The molecule has 0 saturated carbocycles. The quantitative estimate of drug-likeness (QED) is 0.0261. The van der Waals surface area contributed by atoms with Gasteiger partial charge in [0, 0.05) is 6.42 Å². The van der Waals surface area contributed by atoms with Crippen LogP contribution in [0.5, 0.6) is 0 Å². The second-order valence-corrected chi connectivity index (χ2v) is 25.0. The van der Waals surface area contributed by atoms with Crippen molar-refractivity contribution < 1.29 is 39.8 Å². The predicted octanol–water partition coefficient (Wildman–Crippen LogP) is 20.6. The number of hydrogen-bond donors (Lipinski definition) is 6. The lowest BCUT2D eigenvalue weighted by Gasteiger charge is -2.40. The molecule has 0 spiro atoms. The molecule has 0 radical (unpaired) electrons. The van der Waals surface area contributed by atoms with Gasteiger partial charge in [-0.25, -0.2) is 0 Å². The van der Waals surface area contributed by atoms with Crippen LogP contribution in [0, 0.1) is 0 Å². The summed E-state index contributed by atoms with van der Waals surface area (Å²) in [6, 6.07) is -0.816. The average Bonchev–Trinajstić information content (AvgIpc) is 3.65. The van der Waals surface area contributed by atoms with E-state index in [9.17, 15) is 30.3 Å². The number of aliphatic hydroxyl groups excluding tert-OH is 5. The zero-order chi connectivity index (χ0) is 63.5. The minimum absolute atomic E-state index is 0.181. The van der Waals surface area contributed by atoms with Crippen molar-refractivity contribution in [2.45, 2.75) is 358 Å². The molecular weight excluding hydrogens is 1090 g/mol. The Morgan fingerprint density at radius 2 is 0.705 bits per heavy atom. The average molecular weight is 1230 g/mol. The summed E-state index contributed by atoms with van der Waals surface area (Å²) in [5.74, 6) is -0.181. The number of nitrogens with one attached hydrogen (secondary N) is 1. The van der Waals surface area contributed by atoms with Crippen LogP contribution in [0.3, 0.4) is 0 Å². The van der Waals surface area contributed by atoms with E-state index in [4.69, 9.17) is 9.47 Å². The van der Waals surface area contributed by atoms with Crippen molar-refractivity contribution in [1.29, 1.82) is 0 Å². The Labute approximate surface area is 541 Å². The molecule has 1 rings (SSSR count). The molecule has 1 fully saturated rings. The topological polar surface area (TPSA) is 149 Å². The smallest absolute Gasteiger partial charge is 0.220 e. The van der Waals surface area contributed by atoms with Crippen LogP contribution >= 0.6 is 0 Å². The third-order valence-electron chi connectivity index (χ3n) is 16.8. The minimum atomic E-state index is -1.57. The summed E-state index contributed by atoms with van der Waals surface area (Å²) in [5.41, 5.74) is 0. The lowest BCUT2D eigenvalue weighted by molar-refractivity contribution is -0.302. The first-order chi connectivity index (χ1) is 43.3. The molecule has 7 unspecified atom stereocenters. The van der Waals surface area contributed by atoms with Crippen LogP contribution in [-0.2, 0) is 14.3 Å². The molecule has 1 aliphatic rings. The van der Waals surface area contributed by atoms with Crippen LogP contribution in [0.25, 0.3) is 0 Å². The summed E-state index contributed by atoms with van der Waals surface area (Å²) in [5, 5.41) is 54.8. The number of amides is 1. The van der Waals surface area contributed by atoms with Crippen LogP contribution in [0.4, 0.5) is 0 Å². The number of rotatable bonds is 63. The summed E-state index contributed by atoms with van der Waals surface area (Å²) in [6.07, 6.45) is 93.0. The third-order valence-corrected chi connectivity index (χ3v) is 16.8. The van der Waals surface area contributed by atoms with Gasteiger partial charge < -0.3 is 40.3 Å². The molecule has 7 atom stereocenters. The first kappa shape index (κ1) is 82.6. The molecule has 1 aliphatic heterocycles. The highest BCUT2D eigenvalue weighted by atomic mass is 16.7. The van der Waals surface area contributed by atoms with Crippen molar-refractivity contribution in [1.82, 2.24) is 5.32 Å². The van der Waals surface area contributed by atoms with Crippen molar-refractivity contribution in [3.8, 4) is 0 Å².